The molecule has 3 heterocycles. The standard InChI is InChI=1S/C20H27N3O2/c1-4-6-7-17-13-21-19-18(22-10-8-15(3)9-11-22)12-16(14-23(17)19)20(24)25-5-2/h6-7,12-15H,4-5,8-11H2,1-3H3/b7-6+. The number of anilines is 1. The lowest BCUT2D eigenvalue weighted by Crippen LogP contribution is -2.33. The van der Waals surface area contributed by atoms with Gasteiger partial charge in [-0.1, -0.05) is 19.9 Å². The van der Waals surface area contributed by atoms with Crippen molar-refractivity contribution in [2.24, 2.45) is 5.92 Å². The molecule has 5 heteroatoms. The number of carbonyl (C=O) groups excluding carboxylic acids is 1. The fourth-order valence-electron chi connectivity index (χ4n) is 3.26. The summed E-state index contributed by atoms with van der Waals surface area (Å²) < 4.78 is 7.23. The number of allylic oxidation sites excluding steroid dienone is 1. The molecule has 1 aliphatic heterocycles. The molecule has 0 aromatic carbocycles. The summed E-state index contributed by atoms with van der Waals surface area (Å²) >= 11 is 0. The minimum absolute atomic E-state index is 0.282. The van der Waals surface area contributed by atoms with Crippen LogP contribution in [0.15, 0.2) is 24.5 Å². The maximum atomic E-state index is 12.3. The van der Waals surface area contributed by atoms with Gasteiger partial charge in [-0.15, -0.1) is 0 Å². The molecule has 5 nitrogen and oxygen atoms in total. The van der Waals surface area contributed by atoms with E-state index in [4.69, 9.17) is 4.74 Å². The van der Waals surface area contributed by atoms with Crippen molar-refractivity contribution in [3.8, 4) is 0 Å². The van der Waals surface area contributed by atoms with E-state index < -0.39 is 0 Å². The summed E-state index contributed by atoms with van der Waals surface area (Å²) in [5.41, 5.74) is 3.48. The average molecular weight is 341 g/mol. The molecule has 25 heavy (non-hydrogen) atoms. The Kier molecular flexibility index (Phi) is 5.41. The molecule has 0 amide bonds. The molecule has 2 aromatic heterocycles. The van der Waals surface area contributed by atoms with Crippen LogP contribution >= 0.6 is 0 Å². The van der Waals surface area contributed by atoms with Crippen LogP contribution in [-0.2, 0) is 4.74 Å². The zero-order valence-corrected chi connectivity index (χ0v) is 15.4. The smallest absolute Gasteiger partial charge is 0.339 e. The molecule has 0 unspecified atom stereocenters. The highest BCUT2D eigenvalue weighted by Gasteiger charge is 2.21. The molecular weight excluding hydrogens is 314 g/mol. The number of nitrogens with zero attached hydrogens (tertiary/aromatic N) is 3. The Morgan fingerprint density at radius 2 is 2.12 bits per heavy atom. The first kappa shape index (κ1) is 17.5. The van der Waals surface area contributed by atoms with Gasteiger partial charge in [-0.25, -0.2) is 9.78 Å². The fourth-order valence-corrected chi connectivity index (χ4v) is 3.26. The lowest BCUT2D eigenvalue weighted by atomic mass is 9.99. The number of aromatic nitrogens is 2. The number of esters is 1. The summed E-state index contributed by atoms with van der Waals surface area (Å²) in [4.78, 5) is 19.3. The number of pyridine rings is 1. The van der Waals surface area contributed by atoms with E-state index in [0.29, 0.717) is 12.2 Å². The Morgan fingerprint density at radius 1 is 1.36 bits per heavy atom. The van der Waals surface area contributed by atoms with Crippen molar-refractivity contribution in [1.82, 2.24) is 9.38 Å². The van der Waals surface area contributed by atoms with Crippen molar-refractivity contribution in [2.45, 2.75) is 40.0 Å². The quantitative estimate of drug-likeness (QED) is 0.766. The second kappa shape index (κ2) is 7.72. The van der Waals surface area contributed by atoms with Crippen molar-refractivity contribution in [2.75, 3.05) is 24.6 Å². The van der Waals surface area contributed by atoms with E-state index in [2.05, 4.69) is 35.9 Å². The van der Waals surface area contributed by atoms with E-state index >= 15 is 0 Å². The van der Waals surface area contributed by atoms with Gasteiger partial charge in [-0.2, -0.15) is 0 Å². The Morgan fingerprint density at radius 3 is 2.80 bits per heavy atom. The largest absolute Gasteiger partial charge is 0.462 e. The van der Waals surface area contributed by atoms with Crippen molar-refractivity contribution in [1.29, 1.82) is 0 Å². The molecule has 0 saturated carbocycles. The van der Waals surface area contributed by atoms with E-state index in [-0.39, 0.29) is 5.97 Å². The molecule has 0 atom stereocenters. The maximum absolute atomic E-state index is 12.3. The van der Waals surface area contributed by atoms with Crippen molar-refractivity contribution >= 4 is 23.4 Å². The number of fused-ring (bicyclic) bond motifs is 1. The summed E-state index contributed by atoms with van der Waals surface area (Å²) in [6, 6.07) is 1.93. The third kappa shape index (κ3) is 3.70. The van der Waals surface area contributed by atoms with Crippen LogP contribution in [0.1, 0.15) is 56.1 Å². The predicted octanol–water partition coefficient (Wildman–Crippen LogP) is 4.17. The number of carbonyl (C=O) groups is 1. The molecule has 0 bridgehead atoms. The third-order valence-electron chi connectivity index (χ3n) is 4.77. The first-order valence-corrected chi connectivity index (χ1v) is 9.23. The molecule has 134 valence electrons. The zero-order valence-electron chi connectivity index (χ0n) is 15.4. The van der Waals surface area contributed by atoms with Crippen LogP contribution < -0.4 is 4.90 Å². The highest BCUT2D eigenvalue weighted by Crippen LogP contribution is 2.29. The second-order valence-corrected chi connectivity index (χ2v) is 6.69. The van der Waals surface area contributed by atoms with Gasteiger partial charge in [-0.05, 0) is 44.2 Å². The fraction of sp³-hybridized carbons (Fsp3) is 0.500. The van der Waals surface area contributed by atoms with E-state index in [1.807, 2.05) is 29.8 Å². The zero-order chi connectivity index (χ0) is 17.8. The van der Waals surface area contributed by atoms with Gasteiger partial charge in [0.2, 0.25) is 0 Å². The van der Waals surface area contributed by atoms with Crippen LogP contribution in [0.4, 0.5) is 5.69 Å². The van der Waals surface area contributed by atoms with Gasteiger partial charge in [-0.3, -0.25) is 4.40 Å². The molecule has 3 rings (SSSR count). The molecule has 0 radical (unpaired) electrons. The molecular formula is C20H27N3O2. The first-order valence-electron chi connectivity index (χ1n) is 9.23. The van der Waals surface area contributed by atoms with E-state index in [1.54, 1.807) is 0 Å². The Balaban J connectivity index is 2.08. The van der Waals surface area contributed by atoms with E-state index in [1.165, 1.54) is 12.8 Å². The molecule has 2 aromatic rings. The third-order valence-corrected chi connectivity index (χ3v) is 4.77. The minimum atomic E-state index is -0.282. The van der Waals surface area contributed by atoms with Crippen LogP contribution in [0.5, 0.6) is 0 Å². The van der Waals surface area contributed by atoms with Crippen molar-refractivity contribution in [3.63, 3.8) is 0 Å². The van der Waals surface area contributed by atoms with Crippen LogP contribution in [0.2, 0.25) is 0 Å². The highest BCUT2D eigenvalue weighted by atomic mass is 16.5. The van der Waals surface area contributed by atoms with Crippen LogP contribution in [0.3, 0.4) is 0 Å². The lowest BCUT2D eigenvalue weighted by Gasteiger charge is -2.32. The second-order valence-electron chi connectivity index (χ2n) is 6.69. The Bertz CT molecular complexity index is 771. The Labute approximate surface area is 149 Å². The summed E-state index contributed by atoms with van der Waals surface area (Å²) in [5.74, 6) is 0.471. The number of rotatable bonds is 5. The maximum Gasteiger partial charge on any atom is 0.339 e. The normalized spacial score (nSPS) is 16.0. The lowest BCUT2D eigenvalue weighted by molar-refractivity contribution is 0.0526. The highest BCUT2D eigenvalue weighted by molar-refractivity contribution is 5.92. The van der Waals surface area contributed by atoms with Gasteiger partial charge in [0.15, 0.2) is 5.65 Å². The van der Waals surface area contributed by atoms with Gasteiger partial charge in [0.1, 0.15) is 0 Å². The number of hydrogen-bond acceptors (Lipinski definition) is 4. The molecule has 0 aliphatic carbocycles. The number of imidazole rings is 1. The van der Waals surface area contributed by atoms with Gasteiger partial charge in [0.25, 0.3) is 0 Å². The summed E-state index contributed by atoms with van der Waals surface area (Å²) in [7, 11) is 0. The van der Waals surface area contributed by atoms with Gasteiger partial charge in [0, 0.05) is 19.3 Å². The van der Waals surface area contributed by atoms with Crippen molar-refractivity contribution < 1.29 is 9.53 Å². The van der Waals surface area contributed by atoms with Gasteiger partial charge >= 0.3 is 5.97 Å². The van der Waals surface area contributed by atoms with Crippen LogP contribution in [0.25, 0.3) is 11.7 Å². The molecule has 1 saturated heterocycles. The monoisotopic (exact) mass is 341 g/mol. The molecule has 1 aliphatic rings. The number of ether oxygens (including phenoxy) is 1. The predicted molar refractivity (Wildman–Crippen MR) is 101 cm³/mol. The van der Waals surface area contributed by atoms with Gasteiger partial charge in [0.05, 0.1) is 29.7 Å². The first-order chi connectivity index (χ1) is 12.1. The number of hydrogen-bond donors (Lipinski definition) is 0. The van der Waals surface area contributed by atoms with Crippen LogP contribution in [-0.4, -0.2) is 35.1 Å². The minimum Gasteiger partial charge on any atom is -0.462 e. The van der Waals surface area contributed by atoms with Crippen LogP contribution in [0, 0.1) is 5.92 Å². The summed E-state index contributed by atoms with van der Waals surface area (Å²) in [6.07, 6.45) is 11.2. The van der Waals surface area contributed by atoms with Crippen molar-refractivity contribution in [3.05, 3.63) is 35.8 Å². The average Bonchev–Trinajstić information content (AvgIpc) is 3.03. The Hall–Kier alpha value is -2.30. The summed E-state index contributed by atoms with van der Waals surface area (Å²) in [5, 5.41) is 0. The topological polar surface area (TPSA) is 46.8 Å². The SMILES string of the molecule is CC/C=C/c1cnc2c(N3CCC(C)CC3)cc(C(=O)OCC)cn12. The molecule has 0 N–H and O–H groups in total. The number of piperidine rings is 1. The van der Waals surface area contributed by atoms with Gasteiger partial charge < -0.3 is 9.64 Å². The molecule has 0 spiro atoms. The molecule has 1 fully saturated rings. The van der Waals surface area contributed by atoms with E-state index in [9.17, 15) is 4.79 Å². The summed E-state index contributed by atoms with van der Waals surface area (Å²) in [6.45, 7) is 8.59. The van der Waals surface area contributed by atoms with E-state index in [0.717, 1.165) is 42.5 Å².